The van der Waals surface area contributed by atoms with Gasteiger partial charge in [-0.05, 0) is 24.0 Å². The number of benzene rings is 1. The summed E-state index contributed by atoms with van der Waals surface area (Å²) in [5.74, 6) is 0.234. The second-order valence-corrected chi connectivity index (χ2v) is 6.09. The Morgan fingerprint density at radius 1 is 0.895 bits per heavy atom. The van der Waals surface area contributed by atoms with Gasteiger partial charge in [-0.1, -0.05) is 69.7 Å². The van der Waals surface area contributed by atoms with Crippen LogP contribution in [0.5, 0.6) is 0 Å². The molecule has 0 heterocycles. The van der Waals surface area contributed by atoms with E-state index >= 15 is 0 Å². The van der Waals surface area contributed by atoms with Crippen LogP contribution < -0.4 is 0 Å². The van der Waals surface area contributed by atoms with Gasteiger partial charge in [-0.25, -0.2) is 4.21 Å². The van der Waals surface area contributed by atoms with Gasteiger partial charge in [0.15, 0.2) is 11.1 Å². The minimum Gasteiger partial charge on any atom is -0.306 e. The molecule has 2 nitrogen and oxygen atoms in total. The minimum absolute atomic E-state index is 0.234. The fourth-order valence-corrected chi connectivity index (χ4v) is 2.71. The van der Waals surface area contributed by atoms with E-state index in [2.05, 4.69) is 19.1 Å². The van der Waals surface area contributed by atoms with Gasteiger partial charge in [-0.3, -0.25) is 0 Å². The third kappa shape index (κ3) is 8.17. The lowest BCUT2D eigenvalue weighted by Gasteiger charge is -2.04. The highest BCUT2D eigenvalue weighted by Gasteiger charge is 1.99. The van der Waals surface area contributed by atoms with Crippen LogP contribution in [-0.2, 0) is 23.3 Å². The lowest BCUT2D eigenvalue weighted by molar-refractivity contribution is 0.563. The zero-order valence-electron chi connectivity index (χ0n) is 11.9. The van der Waals surface area contributed by atoms with E-state index in [0.717, 1.165) is 12.0 Å². The highest BCUT2D eigenvalue weighted by atomic mass is 32.2. The molecule has 0 saturated heterocycles. The summed E-state index contributed by atoms with van der Waals surface area (Å²) in [5, 5.41) is 0. The van der Waals surface area contributed by atoms with Gasteiger partial charge in [0, 0.05) is 0 Å². The monoisotopic (exact) mass is 282 g/mol. The summed E-state index contributed by atoms with van der Waals surface area (Å²) in [6, 6.07) is 8.09. The Morgan fingerprint density at radius 2 is 1.42 bits per heavy atom. The summed E-state index contributed by atoms with van der Waals surface area (Å²) in [6.45, 7) is 2.25. The molecule has 1 aromatic rings. The highest BCUT2D eigenvalue weighted by Crippen LogP contribution is 2.12. The smallest absolute Gasteiger partial charge is 0.157 e. The van der Waals surface area contributed by atoms with E-state index in [0.29, 0.717) is 0 Å². The normalized spacial score (nSPS) is 12.5. The van der Waals surface area contributed by atoms with Gasteiger partial charge in [0.25, 0.3) is 0 Å². The first-order valence-corrected chi connectivity index (χ1v) is 8.65. The second-order valence-electron chi connectivity index (χ2n) is 5.15. The average molecular weight is 282 g/mol. The molecule has 108 valence electrons. The Hall–Kier alpha value is -0.670. The van der Waals surface area contributed by atoms with Gasteiger partial charge in [-0.15, -0.1) is 0 Å². The molecule has 0 spiro atoms. The van der Waals surface area contributed by atoms with Crippen LogP contribution in [0.4, 0.5) is 0 Å². The van der Waals surface area contributed by atoms with E-state index in [4.69, 9.17) is 4.55 Å². The number of unbranched alkanes of at least 4 members (excludes halogenated alkanes) is 6. The molecule has 1 unspecified atom stereocenters. The number of rotatable bonds is 10. The van der Waals surface area contributed by atoms with E-state index in [1.807, 2.05) is 12.1 Å². The van der Waals surface area contributed by atoms with Crippen molar-refractivity contribution < 1.29 is 8.76 Å². The molecular weight excluding hydrogens is 256 g/mol. The molecule has 0 saturated carbocycles. The summed E-state index contributed by atoms with van der Waals surface area (Å²) >= 11 is -1.73. The van der Waals surface area contributed by atoms with Crippen molar-refractivity contribution in [3.63, 3.8) is 0 Å². The predicted octanol–water partition coefficient (Wildman–Crippen LogP) is 4.70. The molecule has 0 aliphatic rings. The lowest BCUT2D eigenvalue weighted by Crippen LogP contribution is -1.93. The largest absolute Gasteiger partial charge is 0.306 e. The van der Waals surface area contributed by atoms with Crippen molar-refractivity contribution in [2.45, 2.75) is 64.0 Å². The molecule has 0 aliphatic heterocycles. The predicted molar refractivity (Wildman–Crippen MR) is 82.6 cm³/mol. The Labute approximate surface area is 119 Å². The molecule has 1 atom stereocenters. The van der Waals surface area contributed by atoms with Crippen LogP contribution in [0.15, 0.2) is 24.3 Å². The fraction of sp³-hybridized carbons (Fsp3) is 0.625. The fourth-order valence-electron chi connectivity index (χ4n) is 2.23. The van der Waals surface area contributed by atoms with Gasteiger partial charge in [0.1, 0.15) is 0 Å². The number of hydrogen-bond acceptors (Lipinski definition) is 1. The standard InChI is InChI=1S/C16H26O2S/c1-2-3-4-5-6-7-8-9-15-10-12-16(13-11-15)14-19(17)18/h10-13H,2-9,14H2,1H3,(H,17,18). The van der Waals surface area contributed by atoms with E-state index in [9.17, 15) is 4.21 Å². The lowest BCUT2D eigenvalue weighted by atomic mass is 10.0. The van der Waals surface area contributed by atoms with Crippen LogP contribution in [-0.4, -0.2) is 8.76 Å². The quantitative estimate of drug-likeness (QED) is 0.499. The molecule has 1 N–H and O–H groups in total. The van der Waals surface area contributed by atoms with Gasteiger partial charge in [-0.2, -0.15) is 0 Å². The molecule has 0 fully saturated rings. The van der Waals surface area contributed by atoms with Crippen LogP contribution in [0.3, 0.4) is 0 Å². The average Bonchev–Trinajstić information content (AvgIpc) is 2.39. The molecule has 19 heavy (non-hydrogen) atoms. The third-order valence-electron chi connectivity index (χ3n) is 3.38. The van der Waals surface area contributed by atoms with Gasteiger partial charge in [0.05, 0.1) is 5.75 Å². The summed E-state index contributed by atoms with van der Waals surface area (Å²) < 4.78 is 19.5. The van der Waals surface area contributed by atoms with E-state index in [-0.39, 0.29) is 5.75 Å². The maximum atomic E-state index is 10.7. The zero-order valence-corrected chi connectivity index (χ0v) is 12.8. The van der Waals surface area contributed by atoms with Crippen LogP contribution in [0.2, 0.25) is 0 Å². The summed E-state index contributed by atoms with van der Waals surface area (Å²) in [6.07, 6.45) is 10.5. The van der Waals surface area contributed by atoms with Crippen LogP contribution >= 0.6 is 0 Å². The third-order valence-corrected chi connectivity index (χ3v) is 3.96. The molecule has 1 aromatic carbocycles. The summed E-state index contributed by atoms with van der Waals surface area (Å²) in [7, 11) is 0. The van der Waals surface area contributed by atoms with Crippen LogP contribution in [0.25, 0.3) is 0 Å². The molecular formula is C16H26O2S. The van der Waals surface area contributed by atoms with Crippen molar-refractivity contribution in [2.24, 2.45) is 0 Å². The Morgan fingerprint density at radius 3 is 2.00 bits per heavy atom. The van der Waals surface area contributed by atoms with E-state index < -0.39 is 11.1 Å². The molecule has 0 aromatic heterocycles. The molecule has 3 heteroatoms. The van der Waals surface area contributed by atoms with Gasteiger partial charge >= 0.3 is 0 Å². The molecule has 1 rings (SSSR count). The Kier molecular flexibility index (Phi) is 8.76. The molecule has 0 bridgehead atoms. The Bertz CT molecular complexity index is 360. The molecule has 0 amide bonds. The highest BCUT2D eigenvalue weighted by molar-refractivity contribution is 7.78. The van der Waals surface area contributed by atoms with Crippen molar-refractivity contribution in [2.75, 3.05) is 0 Å². The first-order valence-electron chi connectivity index (χ1n) is 7.37. The zero-order chi connectivity index (χ0) is 13.9. The van der Waals surface area contributed by atoms with Crippen molar-refractivity contribution in [3.8, 4) is 0 Å². The van der Waals surface area contributed by atoms with Crippen molar-refractivity contribution >= 4 is 11.1 Å². The van der Waals surface area contributed by atoms with E-state index in [1.165, 1.54) is 50.5 Å². The SMILES string of the molecule is CCCCCCCCCc1ccc(CS(=O)O)cc1. The first-order chi connectivity index (χ1) is 9.22. The minimum atomic E-state index is -1.73. The maximum absolute atomic E-state index is 10.7. The van der Waals surface area contributed by atoms with Gasteiger partial charge < -0.3 is 4.55 Å². The van der Waals surface area contributed by atoms with Gasteiger partial charge in [0.2, 0.25) is 0 Å². The second kappa shape index (κ2) is 10.2. The number of hydrogen-bond donors (Lipinski definition) is 1. The Balaban J connectivity index is 2.14. The van der Waals surface area contributed by atoms with Crippen LogP contribution in [0, 0.1) is 0 Å². The molecule has 0 radical (unpaired) electrons. The topological polar surface area (TPSA) is 37.3 Å². The maximum Gasteiger partial charge on any atom is 0.157 e. The first kappa shape index (κ1) is 16.4. The molecule has 0 aliphatic carbocycles. The summed E-state index contributed by atoms with van der Waals surface area (Å²) in [4.78, 5) is 0. The van der Waals surface area contributed by atoms with E-state index in [1.54, 1.807) is 0 Å². The summed E-state index contributed by atoms with van der Waals surface area (Å²) in [5.41, 5.74) is 2.27. The van der Waals surface area contributed by atoms with Crippen molar-refractivity contribution in [1.82, 2.24) is 0 Å². The van der Waals surface area contributed by atoms with Crippen molar-refractivity contribution in [1.29, 1.82) is 0 Å². The van der Waals surface area contributed by atoms with Crippen LogP contribution in [0.1, 0.15) is 63.0 Å². The number of aryl methyl sites for hydroxylation is 1. The van der Waals surface area contributed by atoms with Crippen molar-refractivity contribution in [3.05, 3.63) is 35.4 Å².